The molecule has 0 N–H and O–H groups in total. The molecule has 113 valence electrons. The molecule has 20 heavy (non-hydrogen) atoms. The average molecular weight is 318 g/mol. The Morgan fingerprint density at radius 1 is 1.15 bits per heavy atom. The largest absolute Gasteiger partial charge is 0.303 e. The van der Waals surface area contributed by atoms with Gasteiger partial charge in [0.05, 0.1) is 5.02 Å². The van der Waals surface area contributed by atoms with Crippen LogP contribution >= 0.6 is 11.6 Å². The summed E-state index contributed by atoms with van der Waals surface area (Å²) in [6.07, 6.45) is 0. The molecule has 0 saturated heterocycles. The third-order valence-electron chi connectivity index (χ3n) is 3.31. The van der Waals surface area contributed by atoms with Crippen LogP contribution in [0.5, 0.6) is 0 Å². The van der Waals surface area contributed by atoms with E-state index < -0.39 is 10.0 Å². The van der Waals surface area contributed by atoms with Crippen molar-refractivity contribution < 1.29 is 8.42 Å². The monoisotopic (exact) mass is 317 g/mol. The van der Waals surface area contributed by atoms with Crippen LogP contribution in [0, 0.1) is 6.07 Å². The number of nitrogens with zero attached hydrogens (tertiary/aromatic N) is 2. The molecule has 0 saturated carbocycles. The lowest BCUT2D eigenvalue weighted by Crippen LogP contribution is -2.38. The fraction of sp³-hybridized carbons (Fsp3) is 0.571. The van der Waals surface area contributed by atoms with Crippen molar-refractivity contribution in [3.63, 3.8) is 0 Å². The van der Waals surface area contributed by atoms with Gasteiger partial charge in [0.2, 0.25) is 10.0 Å². The second-order valence-electron chi connectivity index (χ2n) is 4.38. The molecule has 4 nitrogen and oxygen atoms in total. The normalized spacial score (nSPS) is 12.3. The Hall–Kier alpha value is -0.620. The van der Waals surface area contributed by atoms with Gasteiger partial charge in [0.25, 0.3) is 0 Å². The predicted octanol–water partition coefficient (Wildman–Crippen LogP) is 2.49. The summed E-state index contributed by atoms with van der Waals surface area (Å²) in [6.45, 7) is 9.39. The summed E-state index contributed by atoms with van der Waals surface area (Å²) in [5, 5.41) is 0.241. The fourth-order valence-corrected chi connectivity index (χ4v) is 3.86. The molecule has 0 aliphatic heterocycles. The lowest BCUT2D eigenvalue weighted by molar-refractivity contribution is 0.274. The number of rotatable bonds is 8. The van der Waals surface area contributed by atoms with Gasteiger partial charge in [-0.05, 0) is 31.3 Å². The average Bonchev–Trinajstić information content (AvgIpc) is 2.44. The zero-order valence-corrected chi connectivity index (χ0v) is 13.8. The lowest BCUT2D eigenvalue weighted by Gasteiger charge is -2.25. The number of sulfonamides is 1. The van der Waals surface area contributed by atoms with Gasteiger partial charge in [0.15, 0.2) is 0 Å². The van der Waals surface area contributed by atoms with E-state index in [1.807, 2.05) is 6.92 Å². The molecule has 6 heteroatoms. The number of likely N-dealkylation sites (N-methyl/N-ethyl adjacent to an activating group) is 2. The summed E-state index contributed by atoms with van der Waals surface area (Å²) in [5.41, 5.74) is 0. The van der Waals surface area contributed by atoms with Gasteiger partial charge in [0, 0.05) is 19.6 Å². The van der Waals surface area contributed by atoms with Gasteiger partial charge in [0.1, 0.15) is 4.90 Å². The first-order valence-corrected chi connectivity index (χ1v) is 8.67. The van der Waals surface area contributed by atoms with Crippen LogP contribution in [0.3, 0.4) is 0 Å². The molecule has 1 aromatic carbocycles. The van der Waals surface area contributed by atoms with Gasteiger partial charge in [-0.1, -0.05) is 38.4 Å². The highest BCUT2D eigenvalue weighted by molar-refractivity contribution is 7.89. The summed E-state index contributed by atoms with van der Waals surface area (Å²) >= 11 is 5.99. The third-order valence-corrected chi connectivity index (χ3v) is 5.76. The van der Waals surface area contributed by atoms with Crippen molar-refractivity contribution in [1.82, 2.24) is 9.21 Å². The molecule has 0 bridgehead atoms. The van der Waals surface area contributed by atoms with Crippen molar-refractivity contribution in [2.24, 2.45) is 0 Å². The van der Waals surface area contributed by atoms with Gasteiger partial charge in [-0.25, -0.2) is 8.42 Å². The first-order valence-electron chi connectivity index (χ1n) is 6.85. The Bertz CT molecular complexity index is 516. The fourth-order valence-electron chi connectivity index (χ4n) is 1.97. The van der Waals surface area contributed by atoms with Crippen molar-refractivity contribution >= 4 is 21.6 Å². The zero-order valence-electron chi connectivity index (χ0n) is 12.3. The van der Waals surface area contributed by atoms with Gasteiger partial charge in [-0.15, -0.1) is 0 Å². The van der Waals surface area contributed by atoms with Crippen LogP contribution in [0.4, 0.5) is 0 Å². The highest BCUT2D eigenvalue weighted by Gasteiger charge is 2.25. The second-order valence-corrected chi connectivity index (χ2v) is 6.69. The van der Waals surface area contributed by atoms with Crippen molar-refractivity contribution in [2.75, 3.05) is 32.7 Å². The predicted molar refractivity (Wildman–Crippen MR) is 82.5 cm³/mol. The lowest BCUT2D eigenvalue weighted by atomic mass is 10.4. The molecule has 0 spiro atoms. The molecule has 1 aromatic rings. The molecule has 0 fully saturated rings. The van der Waals surface area contributed by atoms with Crippen molar-refractivity contribution in [1.29, 1.82) is 0 Å². The Morgan fingerprint density at radius 2 is 1.80 bits per heavy atom. The Balaban J connectivity index is 2.91. The van der Waals surface area contributed by atoms with Crippen LogP contribution in [0.25, 0.3) is 0 Å². The van der Waals surface area contributed by atoms with E-state index in [0.717, 1.165) is 13.1 Å². The van der Waals surface area contributed by atoms with Crippen LogP contribution < -0.4 is 0 Å². The van der Waals surface area contributed by atoms with Gasteiger partial charge >= 0.3 is 0 Å². The summed E-state index contributed by atoms with van der Waals surface area (Å²) in [4.78, 5) is 2.32. The molecule has 0 heterocycles. The van der Waals surface area contributed by atoms with E-state index in [4.69, 9.17) is 11.6 Å². The molecule has 0 aliphatic rings. The van der Waals surface area contributed by atoms with E-state index in [9.17, 15) is 8.42 Å². The first kappa shape index (κ1) is 17.4. The SMILES string of the molecule is CCN(CC)CCN(CC)S(=O)(=O)c1c[c]ccc1Cl. The highest BCUT2D eigenvalue weighted by atomic mass is 35.5. The van der Waals surface area contributed by atoms with E-state index >= 15 is 0 Å². The standard InChI is InChI=1S/C14H22ClN2O2S/c1-4-16(5-2)11-12-17(6-3)20(18,19)14-10-8-7-9-13(14)15/h7,9-10H,4-6,11-12H2,1-3H3. The summed E-state index contributed by atoms with van der Waals surface area (Å²) < 4.78 is 26.6. The molecule has 0 aliphatic carbocycles. The quantitative estimate of drug-likeness (QED) is 0.739. The second kappa shape index (κ2) is 7.98. The first-order chi connectivity index (χ1) is 9.47. The maximum atomic E-state index is 12.6. The molecule has 0 aromatic heterocycles. The van der Waals surface area contributed by atoms with Crippen LogP contribution in [0.1, 0.15) is 20.8 Å². The minimum Gasteiger partial charge on any atom is -0.303 e. The molecule has 0 atom stereocenters. The van der Waals surface area contributed by atoms with E-state index in [-0.39, 0.29) is 9.92 Å². The maximum absolute atomic E-state index is 12.6. The van der Waals surface area contributed by atoms with Crippen molar-refractivity contribution in [2.45, 2.75) is 25.7 Å². The topological polar surface area (TPSA) is 40.6 Å². The molecular formula is C14H22ClN2O2S. The molecular weight excluding hydrogens is 296 g/mol. The van der Waals surface area contributed by atoms with E-state index in [2.05, 4.69) is 24.8 Å². The summed E-state index contributed by atoms with van der Waals surface area (Å²) in [6, 6.07) is 7.35. The van der Waals surface area contributed by atoms with E-state index in [1.165, 1.54) is 10.4 Å². The Kier molecular flexibility index (Phi) is 6.95. The number of hydrogen-bond donors (Lipinski definition) is 0. The maximum Gasteiger partial charge on any atom is 0.244 e. The minimum atomic E-state index is -3.55. The van der Waals surface area contributed by atoms with Crippen LogP contribution in [0.2, 0.25) is 5.02 Å². The number of benzene rings is 1. The minimum absolute atomic E-state index is 0.128. The van der Waals surface area contributed by atoms with Crippen LogP contribution in [-0.4, -0.2) is 50.3 Å². The molecule has 1 rings (SSSR count). The third kappa shape index (κ3) is 4.19. The molecule has 0 unspecified atom stereocenters. The number of hydrogen-bond acceptors (Lipinski definition) is 3. The summed E-state index contributed by atoms with van der Waals surface area (Å²) in [5.74, 6) is 0. The smallest absolute Gasteiger partial charge is 0.244 e. The van der Waals surface area contributed by atoms with Gasteiger partial charge in [-0.3, -0.25) is 0 Å². The van der Waals surface area contributed by atoms with Crippen LogP contribution in [0.15, 0.2) is 23.1 Å². The Morgan fingerprint density at radius 3 is 2.30 bits per heavy atom. The van der Waals surface area contributed by atoms with Gasteiger partial charge in [-0.2, -0.15) is 4.31 Å². The number of halogens is 1. The summed E-state index contributed by atoms with van der Waals surface area (Å²) in [7, 11) is -3.55. The van der Waals surface area contributed by atoms with Crippen LogP contribution in [-0.2, 0) is 10.0 Å². The van der Waals surface area contributed by atoms with E-state index in [1.54, 1.807) is 12.1 Å². The van der Waals surface area contributed by atoms with Crippen molar-refractivity contribution in [3.8, 4) is 0 Å². The van der Waals surface area contributed by atoms with Gasteiger partial charge < -0.3 is 4.90 Å². The van der Waals surface area contributed by atoms with E-state index in [0.29, 0.717) is 19.6 Å². The molecule has 0 amide bonds. The highest BCUT2D eigenvalue weighted by Crippen LogP contribution is 2.23. The van der Waals surface area contributed by atoms with Crippen molar-refractivity contribution in [3.05, 3.63) is 29.3 Å². The zero-order chi connectivity index (χ0) is 15.2. The molecule has 1 radical (unpaired) electrons. The Labute approximate surface area is 127 Å².